The van der Waals surface area contributed by atoms with Crippen molar-refractivity contribution in [2.24, 2.45) is 0 Å². The van der Waals surface area contributed by atoms with Gasteiger partial charge in [0.25, 0.3) is 5.91 Å². The number of carbonyl (C=O) groups is 1. The molecule has 5 rings (SSSR count). The van der Waals surface area contributed by atoms with E-state index in [-0.39, 0.29) is 12.5 Å². The molecular formula is C23H19N3O3S. The monoisotopic (exact) mass is 417 g/mol. The minimum Gasteiger partial charge on any atom is -0.484 e. The maximum atomic E-state index is 12.7. The molecule has 150 valence electrons. The minimum absolute atomic E-state index is 0.129. The molecule has 1 aliphatic rings. The lowest BCUT2D eigenvalue weighted by Gasteiger charge is -2.12. The number of ether oxygens (including phenoxy) is 1. The van der Waals surface area contributed by atoms with Gasteiger partial charge in [0.1, 0.15) is 11.6 Å². The molecule has 6 nitrogen and oxygen atoms in total. The number of nitrogens with zero attached hydrogens (tertiary/aromatic N) is 2. The molecule has 7 heteroatoms. The van der Waals surface area contributed by atoms with Gasteiger partial charge in [-0.25, -0.2) is 4.68 Å². The van der Waals surface area contributed by atoms with E-state index in [2.05, 4.69) is 10.4 Å². The highest BCUT2D eigenvalue weighted by molar-refractivity contribution is 7.83. The van der Waals surface area contributed by atoms with Crippen molar-refractivity contribution in [1.29, 1.82) is 0 Å². The Balaban J connectivity index is 1.36. The van der Waals surface area contributed by atoms with Crippen LogP contribution in [0.1, 0.15) is 11.3 Å². The van der Waals surface area contributed by atoms with Crippen molar-refractivity contribution in [2.75, 3.05) is 11.9 Å². The number of aromatic nitrogens is 2. The zero-order chi connectivity index (χ0) is 20.5. The van der Waals surface area contributed by atoms with E-state index >= 15 is 0 Å². The lowest BCUT2D eigenvalue weighted by molar-refractivity contribution is -0.118. The molecule has 0 spiro atoms. The molecule has 0 fully saturated rings. The van der Waals surface area contributed by atoms with E-state index in [1.165, 1.54) is 0 Å². The fraction of sp³-hybridized carbons (Fsp3) is 0.130. The molecule has 0 radical (unpaired) electrons. The molecule has 0 unspecified atom stereocenters. The number of hydrogen-bond acceptors (Lipinski definition) is 4. The number of amides is 1. The molecule has 1 amide bonds. The van der Waals surface area contributed by atoms with Crippen LogP contribution in [-0.4, -0.2) is 26.5 Å². The van der Waals surface area contributed by atoms with E-state index in [0.29, 0.717) is 23.1 Å². The summed E-state index contributed by atoms with van der Waals surface area (Å²) in [4.78, 5) is 12.7. The van der Waals surface area contributed by atoms with Gasteiger partial charge in [0.05, 0.1) is 22.9 Å². The third kappa shape index (κ3) is 3.59. The predicted molar refractivity (Wildman–Crippen MR) is 117 cm³/mol. The summed E-state index contributed by atoms with van der Waals surface area (Å²) in [6.07, 6.45) is 0. The third-order valence-electron chi connectivity index (χ3n) is 5.02. The average Bonchev–Trinajstić information content (AvgIpc) is 3.29. The first kappa shape index (κ1) is 18.6. The zero-order valence-electron chi connectivity index (χ0n) is 16.1. The fourth-order valence-electron chi connectivity index (χ4n) is 3.59. The quantitative estimate of drug-likeness (QED) is 0.536. The number of benzene rings is 3. The maximum Gasteiger partial charge on any atom is 0.263 e. The smallest absolute Gasteiger partial charge is 0.263 e. The zero-order valence-corrected chi connectivity index (χ0v) is 16.9. The molecule has 4 aromatic rings. The van der Waals surface area contributed by atoms with Crippen LogP contribution in [0.25, 0.3) is 16.5 Å². The summed E-state index contributed by atoms with van der Waals surface area (Å²) in [5, 5.41) is 9.67. The largest absolute Gasteiger partial charge is 0.484 e. The maximum absolute atomic E-state index is 12.7. The van der Waals surface area contributed by atoms with E-state index < -0.39 is 10.8 Å². The van der Waals surface area contributed by atoms with Crippen molar-refractivity contribution in [3.63, 3.8) is 0 Å². The first-order valence-electron chi connectivity index (χ1n) is 9.60. The highest BCUT2D eigenvalue weighted by Crippen LogP contribution is 2.31. The normalized spacial score (nSPS) is 15.1. The van der Waals surface area contributed by atoms with Gasteiger partial charge in [-0.15, -0.1) is 0 Å². The average molecular weight is 417 g/mol. The van der Waals surface area contributed by atoms with Crippen molar-refractivity contribution in [2.45, 2.75) is 11.5 Å². The van der Waals surface area contributed by atoms with Gasteiger partial charge in [0.2, 0.25) is 0 Å². The van der Waals surface area contributed by atoms with Crippen LogP contribution in [0, 0.1) is 0 Å². The third-order valence-corrected chi connectivity index (χ3v) is 6.23. The summed E-state index contributed by atoms with van der Waals surface area (Å²) in [5.74, 6) is 1.70. The van der Waals surface area contributed by atoms with E-state index in [9.17, 15) is 9.00 Å². The summed E-state index contributed by atoms with van der Waals surface area (Å²) >= 11 is 0. The Kier molecular flexibility index (Phi) is 4.80. The molecule has 1 N–H and O–H groups in total. The highest BCUT2D eigenvalue weighted by Gasteiger charge is 2.28. The molecule has 30 heavy (non-hydrogen) atoms. The number of anilines is 1. The SMILES string of the molecule is O=C(COc1ccc2ccccc2c1)Nc1c2c(nn1-c1ccccc1)C[S@@](=O)C2. The molecule has 0 bridgehead atoms. The molecule has 0 aliphatic carbocycles. The summed E-state index contributed by atoms with van der Waals surface area (Å²) in [7, 11) is -0.983. The van der Waals surface area contributed by atoms with Crippen LogP contribution in [0.5, 0.6) is 5.75 Å². The van der Waals surface area contributed by atoms with Gasteiger partial charge in [0.15, 0.2) is 6.61 Å². The Morgan fingerprint density at radius 1 is 1.00 bits per heavy atom. The van der Waals surface area contributed by atoms with Crippen LogP contribution in [0.2, 0.25) is 0 Å². The van der Waals surface area contributed by atoms with Crippen LogP contribution in [0.3, 0.4) is 0 Å². The van der Waals surface area contributed by atoms with Crippen molar-refractivity contribution in [1.82, 2.24) is 9.78 Å². The Hall–Kier alpha value is -3.45. The summed E-state index contributed by atoms with van der Waals surface area (Å²) < 4.78 is 19.4. The van der Waals surface area contributed by atoms with Crippen LogP contribution < -0.4 is 10.1 Å². The second-order valence-corrected chi connectivity index (χ2v) is 8.55. The van der Waals surface area contributed by atoms with Gasteiger partial charge in [-0.05, 0) is 35.0 Å². The van der Waals surface area contributed by atoms with E-state index in [4.69, 9.17) is 4.74 Å². The van der Waals surface area contributed by atoms with Crippen molar-refractivity contribution in [3.8, 4) is 11.4 Å². The van der Waals surface area contributed by atoms with Gasteiger partial charge in [0, 0.05) is 16.4 Å². The highest BCUT2D eigenvalue weighted by atomic mass is 32.2. The van der Waals surface area contributed by atoms with Gasteiger partial charge in [-0.3, -0.25) is 9.00 Å². The number of carbonyl (C=O) groups excluding carboxylic acids is 1. The second-order valence-electron chi connectivity index (χ2n) is 7.10. The lowest BCUT2D eigenvalue weighted by atomic mass is 10.1. The number of hydrogen-bond donors (Lipinski definition) is 1. The number of rotatable bonds is 5. The molecule has 0 saturated heterocycles. The minimum atomic E-state index is -0.983. The number of fused-ring (bicyclic) bond motifs is 2. The number of nitrogens with one attached hydrogen (secondary N) is 1. The first-order chi connectivity index (χ1) is 14.7. The number of para-hydroxylation sites is 1. The van der Waals surface area contributed by atoms with Crippen molar-refractivity contribution in [3.05, 3.63) is 84.1 Å². The molecular weight excluding hydrogens is 398 g/mol. The van der Waals surface area contributed by atoms with Crippen LogP contribution in [0.4, 0.5) is 5.82 Å². The summed E-state index contributed by atoms with van der Waals surface area (Å²) in [6.45, 7) is -0.129. The fourth-order valence-corrected chi connectivity index (χ4v) is 4.85. The van der Waals surface area contributed by atoms with Gasteiger partial charge < -0.3 is 10.1 Å². The van der Waals surface area contributed by atoms with E-state index in [0.717, 1.165) is 27.7 Å². The Bertz CT molecular complexity index is 1270. The summed E-state index contributed by atoms with van der Waals surface area (Å²) in [5.41, 5.74) is 2.43. The topological polar surface area (TPSA) is 73.2 Å². The summed E-state index contributed by atoms with van der Waals surface area (Å²) in [6, 6.07) is 23.3. The molecule has 1 aliphatic heterocycles. The van der Waals surface area contributed by atoms with Gasteiger partial charge in [-0.2, -0.15) is 5.10 Å². The van der Waals surface area contributed by atoms with Gasteiger partial charge >= 0.3 is 0 Å². The van der Waals surface area contributed by atoms with Crippen molar-refractivity contribution < 1.29 is 13.7 Å². The Morgan fingerprint density at radius 2 is 1.77 bits per heavy atom. The van der Waals surface area contributed by atoms with Gasteiger partial charge in [-0.1, -0.05) is 48.5 Å². The Labute approximate surface area is 175 Å². The standard InChI is InChI=1S/C23H19N3O3S/c27-22(13-29-19-11-10-16-6-4-5-7-17(16)12-19)24-23-20-14-30(28)15-21(20)25-26(23)18-8-2-1-3-9-18/h1-12H,13-15H2,(H,24,27)/t30-/m0/s1. The van der Waals surface area contributed by atoms with E-state index in [1.54, 1.807) is 4.68 Å². The van der Waals surface area contributed by atoms with Crippen molar-refractivity contribution >= 4 is 33.3 Å². The lowest BCUT2D eigenvalue weighted by Crippen LogP contribution is -2.22. The van der Waals surface area contributed by atoms with Crippen LogP contribution >= 0.6 is 0 Å². The second kappa shape index (κ2) is 7.76. The molecule has 1 atom stereocenters. The molecule has 0 saturated carbocycles. The molecule has 1 aromatic heterocycles. The molecule has 2 heterocycles. The molecule has 3 aromatic carbocycles. The van der Waals surface area contributed by atoms with Crippen LogP contribution in [-0.2, 0) is 27.1 Å². The van der Waals surface area contributed by atoms with E-state index in [1.807, 2.05) is 72.8 Å². The first-order valence-corrected chi connectivity index (χ1v) is 11.1. The Morgan fingerprint density at radius 3 is 2.60 bits per heavy atom. The van der Waals surface area contributed by atoms with Crippen LogP contribution in [0.15, 0.2) is 72.8 Å². The predicted octanol–water partition coefficient (Wildman–Crippen LogP) is 3.81.